The first-order valence-electron chi connectivity index (χ1n) is 7.93. The summed E-state index contributed by atoms with van der Waals surface area (Å²) in [5.41, 5.74) is 0.996. The lowest BCUT2D eigenvalue weighted by atomic mass is 9.95. The van der Waals surface area contributed by atoms with Crippen LogP contribution in [0.1, 0.15) is 25.8 Å². The van der Waals surface area contributed by atoms with E-state index in [9.17, 15) is 14.9 Å². The summed E-state index contributed by atoms with van der Waals surface area (Å²) < 4.78 is 11.1. The minimum absolute atomic E-state index is 0.00909. The molecule has 6 nitrogen and oxygen atoms in total. The topological polar surface area (TPSA) is 88.4 Å². The van der Waals surface area contributed by atoms with Crippen LogP contribution in [-0.4, -0.2) is 31.4 Å². The van der Waals surface area contributed by atoms with Gasteiger partial charge in [0.05, 0.1) is 12.7 Å². The van der Waals surface area contributed by atoms with Gasteiger partial charge in [-0.2, -0.15) is 5.26 Å². The quantitative estimate of drug-likeness (QED) is 0.774. The third-order valence-electron chi connectivity index (χ3n) is 3.53. The van der Waals surface area contributed by atoms with E-state index in [1.165, 1.54) is 0 Å². The van der Waals surface area contributed by atoms with Gasteiger partial charge < -0.3 is 14.8 Å². The van der Waals surface area contributed by atoms with Gasteiger partial charge in [0, 0.05) is 17.7 Å². The zero-order valence-electron chi connectivity index (χ0n) is 13.8. The van der Waals surface area contributed by atoms with Gasteiger partial charge in [0.1, 0.15) is 6.61 Å². The fourth-order valence-electron chi connectivity index (χ4n) is 2.36. The highest BCUT2D eigenvalue weighted by Crippen LogP contribution is 2.36. The lowest BCUT2D eigenvalue weighted by Crippen LogP contribution is -2.36. The normalized spacial score (nSPS) is 13.6. The van der Waals surface area contributed by atoms with Crippen LogP contribution < -0.4 is 14.8 Å². The van der Waals surface area contributed by atoms with Crippen LogP contribution in [0.15, 0.2) is 23.8 Å². The lowest BCUT2D eigenvalue weighted by Gasteiger charge is -2.20. The monoisotopic (exact) mass is 328 g/mol. The molecule has 0 spiro atoms. The Morgan fingerprint density at radius 3 is 2.88 bits per heavy atom. The van der Waals surface area contributed by atoms with Crippen molar-refractivity contribution < 1.29 is 19.1 Å². The minimum Gasteiger partial charge on any atom is -0.490 e. The van der Waals surface area contributed by atoms with E-state index < -0.39 is 17.6 Å². The number of nitrogens with one attached hydrogen (secondary N) is 1. The predicted octanol–water partition coefficient (Wildman–Crippen LogP) is 2.10. The first-order valence-corrected chi connectivity index (χ1v) is 7.93. The second-order valence-corrected chi connectivity index (χ2v) is 5.28. The minimum atomic E-state index is -1.36. The van der Waals surface area contributed by atoms with E-state index in [1.54, 1.807) is 30.3 Å². The zero-order valence-corrected chi connectivity index (χ0v) is 13.8. The molecule has 126 valence electrons. The van der Waals surface area contributed by atoms with Crippen molar-refractivity contribution in [1.82, 2.24) is 5.32 Å². The van der Waals surface area contributed by atoms with Crippen LogP contribution in [0.3, 0.4) is 0 Å². The molecule has 2 rings (SSSR count). The molecule has 0 fully saturated rings. The number of fused-ring (bicyclic) bond motifs is 1. The van der Waals surface area contributed by atoms with Crippen LogP contribution in [0, 0.1) is 17.2 Å². The van der Waals surface area contributed by atoms with Crippen LogP contribution in [0.4, 0.5) is 0 Å². The Labute approximate surface area is 141 Å². The van der Waals surface area contributed by atoms with Gasteiger partial charge in [0.2, 0.25) is 5.91 Å². The van der Waals surface area contributed by atoms with Crippen molar-refractivity contribution in [1.29, 1.82) is 5.26 Å². The molecular weight excluding hydrogens is 308 g/mol. The number of Topliss-reactive ketones (excluding diaryl/α,β-unsaturated/α-hetero) is 1. The van der Waals surface area contributed by atoms with E-state index in [4.69, 9.17) is 9.47 Å². The van der Waals surface area contributed by atoms with Gasteiger partial charge in [0.25, 0.3) is 0 Å². The average Bonchev–Trinajstić information content (AvgIpc) is 2.60. The molecule has 1 aromatic carbocycles. The smallest absolute Gasteiger partial charge is 0.245 e. The number of benzene rings is 1. The van der Waals surface area contributed by atoms with Crippen LogP contribution in [0.25, 0.3) is 6.08 Å². The first kappa shape index (κ1) is 17.5. The van der Waals surface area contributed by atoms with Crippen molar-refractivity contribution >= 4 is 17.8 Å². The maximum atomic E-state index is 12.5. The summed E-state index contributed by atoms with van der Waals surface area (Å²) in [6, 6.07) is 7.16. The van der Waals surface area contributed by atoms with Gasteiger partial charge in [-0.15, -0.1) is 0 Å². The van der Waals surface area contributed by atoms with Gasteiger partial charge in [-0.05, 0) is 25.5 Å². The molecule has 0 aliphatic carbocycles. The summed E-state index contributed by atoms with van der Waals surface area (Å²) in [5.74, 6) is -1.28. The fourth-order valence-corrected chi connectivity index (χ4v) is 2.36. The van der Waals surface area contributed by atoms with Crippen LogP contribution in [0.5, 0.6) is 11.5 Å². The second-order valence-electron chi connectivity index (χ2n) is 5.28. The first-order chi connectivity index (χ1) is 11.6. The van der Waals surface area contributed by atoms with E-state index in [-0.39, 0.29) is 6.61 Å². The van der Waals surface area contributed by atoms with E-state index in [2.05, 4.69) is 5.32 Å². The summed E-state index contributed by atoms with van der Waals surface area (Å²) in [6.07, 6.45) is 2.39. The Morgan fingerprint density at radius 2 is 2.21 bits per heavy atom. The molecule has 0 radical (unpaired) electrons. The fraction of sp³-hybridized carbons (Fsp3) is 0.389. The molecule has 0 saturated carbocycles. The molecule has 0 bridgehead atoms. The SMILES string of the molecule is CCCNC(=O)C(C#N)C(=O)C1=Cc2cccc(OCC)c2OC1. The number of hydrogen-bond acceptors (Lipinski definition) is 5. The number of ketones is 1. The molecule has 0 aromatic heterocycles. The van der Waals surface area contributed by atoms with Gasteiger partial charge >= 0.3 is 0 Å². The highest BCUT2D eigenvalue weighted by atomic mass is 16.5. The predicted molar refractivity (Wildman–Crippen MR) is 88.5 cm³/mol. The number of para-hydroxylation sites is 1. The summed E-state index contributed by atoms with van der Waals surface area (Å²) in [7, 11) is 0. The summed E-state index contributed by atoms with van der Waals surface area (Å²) in [4.78, 5) is 24.5. The second kappa shape index (κ2) is 8.16. The summed E-state index contributed by atoms with van der Waals surface area (Å²) in [6.45, 7) is 4.71. The number of carbonyl (C=O) groups excluding carboxylic acids is 2. The average molecular weight is 328 g/mol. The Morgan fingerprint density at radius 1 is 1.42 bits per heavy atom. The Bertz CT molecular complexity index is 703. The van der Waals surface area contributed by atoms with Gasteiger partial charge in [-0.3, -0.25) is 9.59 Å². The molecule has 1 heterocycles. The number of nitrogens with zero attached hydrogens (tertiary/aromatic N) is 1. The molecule has 1 aliphatic heterocycles. The molecule has 1 aliphatic rings. The van der Waals surface area contributed by atoms with E-state index in [0.29, 0.717) is 35.8 Å². The zero-order chi connectivity index (χ0) is 17.5. The molecule has 0 saturated heterocycles. The molecule has 6 heteroatoms. The molecule has 1 atom stereocenters. The number of ether oxygens (including phenoxy) is 2. The van der Waals surface area contributed by atoms with Crippen molar-refractivity contribution in [2.45, 2.75) is 20.3 Å². The van der Waals surface area contributed by atoms with Crippen molar-refractivity contribution in [3.8, 4) is 17.6 Å². The van der Waals surface area contributed by atoms with E-state index in [0.717, 1.165) is 6.42 Å². The van der Waals surface area contributed by atoms with Gasteiger partial charge in [-0.25, -0.2) is 0 Å². The highest BCUT2D eigenvalue weighted by molar-refractivity contribution is 6.14. The molecular formula is C18H20N2O4. The van der Waals surface area contributed by atoms with Crippen molar-refractivity contribution in [3.05, 3.63) is 29.3 Å². The van der Waals surface area contributed by atoms with Crippen LogP contribution >= 0.6 is 0 Å². The largest absolute Gasteiger partial charge is 0.490 e. The number of hydrogen-bond donors (Lipinski definition) is 1. The van der Waals surface area contributed by atoms with Crippen molar-refractivity contribution in [3.63, 3.8) is 0 Å². The summed E-state index contributed by atoms with van der Waals surface area (Å²) in [5, 5.41) is 11.8. The van der Waals surface area contributed by atoms with E-state index in [1.807, 2.05) is 13.8 Å². The molecule has 1 aromatic rings. The standard InChI is InChI=1S/C18H20N2O4/c1-3-8-20-18(22)14(10-19)16(21)13-9-12-6-5-7-15(23-4-2)17(12)24-11-13/h5-7,9,14H,3-4,8,11H2,1-2H3,(H,20,22). The number of rotatable bonds is 7. The Hall–Kier alpha value is -2.81. The van der Waals surface area contributed by atoms with Crippen molar-refractivity contribution in [2.24, 2.45) is 5.92 Å². The van der Waals surface area contributed by atoms with E-state index >= 15 is 0 Å². The third-order valence-corrected chi connectivity index (χ3v) is 3.53. The third kappa shape index (κ3) is 3.74. The highest BCUT2D eigenvalue weighted by Gasteiger charge is 2.31. The molecule has 1 amide bonds. The molecule has 1 N–H and O–H groups in total. The lowest BCUT2D eigenvalue weighted by molar-refractivity contribution is -0.130. The van der Waals surface area contributed by atoms with Crippen LogP contribution in [-0.2, 0) is 9.59 Å². The van der Waals surface area contributed by atoms with Crippen molar-refractivity contribution in [2.75, 3.05) is 19.8 Å². The Balaban J connectivity index is 2.23. The number of amides is 1. The molecule has 1 unspecified atom stereocenters. The molecule has 24 heavy (non-hydrogen) atoms. The maximum absolute atomic E-state index is 12.5. The number of carbonyl (C=O) groups is 2. The van der Waals surface area contributed by atoms with Gasteiger partial charge in [0.15, 0.2) is 23.2 Å². The summed E-state index contributed by atoms with van der Waals surface area (Å²) >= 11 is 0. The Kier molecular flexibility index (Phi) is 5.96. The van der Waals surface area contributed by atoms with Crippen LogP contribution in [0.2, 0.25) is 0 Å². The van der Waals surface area contributed by atoms with Gasteiger partial charge in [-0.1, -0.05) is 19.1 Å². The maximum Gasteiger partial charge on any atom is 0.245 e. The number of nitriles is 1.